The second kappa shape index (κ2) is 10.8. The van der Waals surface area contributed by atoms with Crippen LogP contribution in [0.15, 0.2) is 61.4 Å². The molecule has 0 radical (unpaired) electrons. The van der Waals surface area contributed by atoms with Crippen molar-refractivity contribution < 1.29 is 27.4 Å². The lowest BCUT2D eigenvalue weighted by Crippen LogP contribution is -2.38. The van der Waals surface area contributed by atoms with Gasteiger partial charge >= 0.3 is 6.18 Å². The van der Waals surface area contributed by atoms with Gasteiger partial charge < -0.3 is 18.9 Å². The lowest BCUT2D eigenvalue weighted by Gasteiger charge is -2.31. The molecule has 1 fully saturated rings. The van der Waals surface area contributed by atoms with Gasteiger partial charge in [0.2, 0.25) is 0 Å². The van der Waals surface area contributed by atoms with Crippen molar-refractivity contribution >= 4 is 22.5 Å². The third kappa shape index (κ3) is 5.19. The van der Waals surface area contributed by atoms with Crippen LogP contribution in [0.3, 0.4) is 0 Å². The Morgan fingerprint density at radius 3 is 2.61 bits per heavy atom. The fraction of sp³-hybridized carbons (Fsp3) is 0.312. The van der Waals surface area contributed by atoms with E-state index >= 15 is 0 Å². The number of pyridine rings is 1. The van der Waals surface area contributed by atoms with Gasteiger partial charge in [-0.05, 0) is 66.3 Å². The van der Waals surface area contributed by atoms with Crippen molar-refractivity contribution in [1.29, 1.82) is 0 Å². The molecule has 4 heterocycles. The molecule has 2 aliphatic rings. The van der Waals surface area contributed by atoms with Gasteiger partial charge in [0.15, 0.2) is 5.69 Å². The van der Waals surface area contributed by atoms with Gasteiger partial charge in [-0.2, -0.15) is 18.3 Å². The minimum Gasteiger partial charge on any atom is -0.497 e. The second-order valence-electron chi connectivity index (χ2n) is 11.2. The Bertz CT molecular complexity index is 1880. The second-order valence-corrected chi connectivity index (χ2v) is 11.2. The minimum atomic E-state index is -4.66. The normalized spacial score (nSPS) is 15.2. The van der Waals surface area contributed by atoms with Crippen molar-refractivity contribution in [3.63, 3.8) is 0 Å². The van der Waals surface area contributed by atoms with Crippen molar-refractivity contribution in [3.8, 4) is 16.9 Å². The number of rotatable bonds is 8. The van der Waals surface area contributed by atoms with E-state index in [0.29, 0.717) is 58.8 Å². The van der Waals surface area contributed by atoms with Crippen LogP contribution in [0.25, 0.3) is 22.0 Å². The van der Waals surface area contributed by atoms with Crippen LogP contribution in [-0.4, -0.2) is 50.0 Å². The van der Waals surface area contributed by atoms with E-state index in [1.807, 2.05) is 12.1 Å². The molecule has 9 nitrogen and oxygen atoms in total. The molecule has 12 heteroatoms. The molecule has 2 aromatic carbocycles. The number of amides is 1. The number of aryl methyl sites for hydroxylation is 1. The Hall–Kier alpha value is -4.71. The van der Waals surface area contributed by atoms with Gasteiger partial charge in [0.25, 0.3) is 5.91 Å². The van der Waals surface area contributed by atoms with Gasteiger partial charge in [-0.25, -0.2) is 4.98 Å². The molecule has 1 saturated carbocycles. The van der Waals surface area contributed by atoms with Crippen molar-refractivity contribution in [2.45, 2.75) is 44.7 Å². The Balaban J connectivity index is 1.35. The number of fused-ring (bicyclic) bond motifs is 2. The van der Waals surface area contributed by atoms with E-state index in [9.17, 15) is 18.0 Å². The number of ether oxygens (including phenoxy) is 2. The zero-order valence-corrected chi connectivity index (χ0v) is 24.1. The van der Waals surface area contributed by atoms with Crippen LogP contribution in [0.1, 0.15) is 45.6 Å². The Morgan fingerprint density at radius 1 is 1.07 bits per heavy atom. The summed E-state index contributed by atoms with van der Waals surface area (Å²) < 4.78 is 56.8. The number of nitrogens with zero attached hydrogens (tertiary/aromatic N) is 6. The number of carbonyl (C=O) groups excluding carboxylic acids is 1. The summed E-state index contributed by atoms with van der Waals surface area (Å²) in [7, 11) is 3.04. The van der Waals surface area contributed by atoms with Gasteiger partial charge in [0, 0.05) is 67.0 Å². The van der Waals surface area contributed by atoms with E-state index in [2.05, 4.69) is 15.1 Å². The molecule has 1 amide bonds. The zero-order valence-electron chi connectivity index (χ0n) is 24.1. The van der Waals surface area contributed by atoms with Crippen LogP contribution in [0.5, 0.6) is 5.75 Å². The van der Waals surface area contributed by atoms with Crippen LogP contribution in [0.2, 0.25) is 0 Å². The number of halogens is 3. The molecule has 226 valence electrons. The molecule has 0 spiro atoms. The summed E-state index contributed by atoms with van der Waals surface area (Å²) in [6.07, 6.45) is 6.06. The van der Waals surface area contributed by atoms with Gasteiger partial charge in [0.1, 0.15) is 5.75 Å². The average Bonchev–Trinajstić information content (AvgIpc) is 3.52. The molecule has 0 N–H and O–H groups in total. The number of hydrogen-bond acceptors (Lipinski definition) is 6. The smallest absolute Gasteiger partial charge is 0.435 e. The Morgan fingerprint density at radius 2 is 1.89 bits per heavy atom. The third-order valence-electron chi connectivity index (χ3n) is 8.08. The molecule has 0 saturated heterocycles. The van der Waals surface area contributed by atoms with E-state index in [-0.39, 0.29) is 24.1 Å². The Labute approximate surface area is 250 Å². The molecule has 44 heavy (non-hydrogen) atoms. The first-order valence-electron chi connectivity index (χ1n) is 14.3. The predicted molar refractivity (Wildman–Crippen MR) is 156 cm³/mol. The van der Waals surface area contributed by atoms with Crippen LogP contribution in [0.4, 0.5) is 18.9 Å². The Kier molecular flexibility index (Phi) is 6.88. The van der Waals surface area contributed by atoms with Crippen LogP contribution in [0, 0.1) is 0 Å². The van der Waals surface area contributed by atoms with E-state index in [0.717, 1.165) is 28.5 Å². The number of imidazole rings is 1. The summed E-state index contributed by atoms with van der Waals surface area (Å²) in [6, 6.07) is 9.04. The molecule has 5 aromatic rings. The average molecular weight is 603 g/mol. The van der Waals surface area contributed by atoms with Crippen LogP contribution >= 0.6 is 0 Å². The largest absolute Gasteiger partial charge is 0.497 e. The lowest BCUT2D eigenvalue weighted by molar-refractivity contribution is -0.140. The number of hydrogen-bond donors (Lipinski definition) is 0. The number of benzene rings is 2. The molecule has 1 aliphatic heterocycles. The van der Waals surface area contributed by atoms with E-state index in [4.69, 9.17) is 9.47 Å². The summed E-state index contributed by atoms with van der Waals surface area (Å²) >= 11 is 0. The summed E-state index contributed by atoms with van der Waals surface area (Å²) in [4.78, 5) is 24.7. The van der Waals surface area contributed by atoms with Crippen LogP contribution in [-0.2, 0) is 37.5 Å². The highest BCUT2D eigenvalue weighted by molar-refractivity contribution is 6.13. The molecular weight excluding hydrogens is 573 g/mol. The third-order valence-corrected chi connectivity index (χ3v) is 8.08. The van der Waals surface area contributed by atoms with Gasteiger partial charge in [-0.1, -0.05) is 0 Å². The lowest BCUT2D eigenvalue weighted by atomic mass is 9.87. The maximum Gasteiger partial charge on any atom is 0.435 e. The number of carbonyl (C=O) groups is 1. The quantitative estimate of drug-likeness (QED) is 0.224. The van der Waals surface area contributed by atoms with Crippen LogP contribution < -0.4 is 9.64 Å². The maximum absolute atomic E-state index is 14.3. The van der Waals surface area contributed by atoms with E-state index in [1.54, 1.807) is 59.7 Å². The van der Waals surface area contributed by atoms with Gasteiger partial charge in [-0.15, -0.1) is 0 Å². The number of anilines is 1. The highest BCUT2D eigenvalue weighted by Crippen LogP contribution is 2.41. The van der Waals surface area contributed by atoms with Crippen molar-refractivity contribution in [1.82, 2.24) is 24.3 Å². The summed E-state index contributed by atoms with van der Waals surface area (Å²) in [5, 5.41) is 4.47. The first kappa shape index (κ1) is 28.1. The number of alkyl halides is 3. The molecule has 0 atom stereocenters. The molecule has 0 unspecified atom stereocenters. The molecule has 0 bridgehead atoms. The van der Waals surface area contributed by atoms with Gasteiger partial charge in [-0.3, -0.25) is 14.5 Å². The summed E-state index contributed by atoms with van der Waals surface area (Å²) in [5.74, 6) is 0.315. The van der Waals surface area contributed by atoms with Crippen molar-refractivity contribution in [2.24, 2.45) is 7.05 Å². The zero-order chi connectivity index (χ0) is 30.6. The first-order valence-corrected chi connectivity index (χ1v) is 14.3. The van der Waals surface area contributed by atoms with E-state index in [1.165, 1.54) is 13.2 Å². The highest BCUT2D eigenvalue weighted by atomic mass is 19.4. The highest BCUT2D eigenvalue weighted by Gasteiger charge is 2.39. The summed E-state index contributed by atoms with van der Waals surface area (Å²) in [6.45, 7) is 0.972. The minimum absolute atomic E-state index is 0.0515. The number of methoxy groups -OCH3 is 1. The maximum atomic E-state index is 14.3. The standard InChI is InChI=1S/C32H29F3N6O3/c1-39-16-27(30(38-39)32(33,34)35)24-11-19(15-40-10-8-36-18-40)12-25-23(24)6-9-41(31(25)42)28-5-7-37-29-20(17-44-21-3-4-21)13-22(43-2)14-26(28)29/h5,7-8,10-14,16,18,21H,3-4,6,9,15,17H2,1-2H3. The van der Waals surface area contributed by atoms with E-state index < -0.39 is 11.9 Å². The molecule has 3 aromatic heterocycles. The fourth-order valence-electron chi connectivity index (χ4n) is 5.90. The first-order chi connectivity index (χ1) is 21.2. The monoisotopic (exact) mass is 602 g/mol. The fourth-order valence-corrected chi connectivity index (χ4v) is 5.90. The summed E-state index contributed by atoms with van der Waals surface area (Å²) in [5.41, 5.74) is 3.13. The molecular formula is C32H29F3N6O3. The van der Waals surface area contributed by atoms with Crippen molar-refractivity contribution in [2.75, 3.05) is 18.6 Å². The van der Waals surface area contributed by atoms with Crippen molar-refractivity contribution in [3.05, 3.63) is 89.4 Å². The predicted octanol–water partition coefficient (Wildman–Crippen LogP) is 5.79. The number of aromatic nitrogens is 5. The molecule has 1 aliphatic carbocycles. The SMILES string of the molecule is COc1cc(COC2CC2)c2nccc(N3CCc4c(cc(Cn5ccnc5)cc4-c4cn(C)nc4C(F)(F)F)C3=O)c2c1. The molecule has 7 rings (SSSR count). The topological polar surface area (TPSA) is 87.3 Å². The van der Waals surface area contributed by atoms with Gasteiger partial charge in [0.05, 0.1) is 37.4 Å².